The predicted octanol–water partition coefficient (Wildman–Crippen LogP) is 0.546. The topological polar surface area (TPSA) is 55.2 Å². The fourth-order valence-corrected chi connectivity index (χ4v) is 1.52. The van der Waals surface area contributed by atoms with E-state index >= 15 is 0 Å². The van der Waals surface area contributed by atoms with E-state index in [1.807, 2.05) is 0 Å². The minimum Gasteiger partial charge on any atom is -0.386 e. The first kappa shape index (κ1) is 8.59. The first-order valence-corrected chi connectivity index (χ1v) is 4.39. The monoisotopic (exact) mass is 180 g/mol. The number of aliphatic hydroxyl groups excluding tert-OH is 1. The Morgan fingerprint density at radius 1 is 1.62 bits per heavy atom. The van der Waals surface area contributed by atoms with Gasteiger partial charge in [-0.15, -0.1) is 0 Å². The number of nitrogens with zero attached hydrogens (tertiary/aromatic N) is 2. The van der Waals surface area contributed by atoms with Crippen molar-refractivity contribution >= 4 is 0 Å². The highest BCUT2D eigenvalue weighted by Crippen LogP contribution is 2.26. The molecule has 70 valence electrons. The highest BCUT2D eigenvalue weighted by molar-refractivity contribution is 5.03. The van der Waals surface area contributed by atoms with Crippen molar-refractivity contribution in [2.75, 3.05) is 13.2 Å². The van der Waals surface area contributed by atoms with Crippen LogP contribution in [0.1, 0.15) is 18.2 Å². The maximum absolute atomic E-state index is 9.85. The van der Waals surface area contributed by atoms with E-state index in [2.05, 4.69) is 9.97 Å². The third kappa shape index (κ3) is 1.84. The van der Waals surface area contributed by atoms with Crippen LogP contribution in [0.25, 0.3) is 0 Å². The van der Waals surface area contributed by atoms with Gasteiger partial charge in [0.05, 0.1) is 12.3 Å². The zero-order valence-electron chi connectivity index (χ0n) is 7.26. The largest absolute Gasteiger partial charge is 0.386 e. The molecule has 1 N–H and O–H groups in total. The average molecular weight is 180 g/mol. The van der Waals surface area contributed by atoms with E-state index in [0.717, 1.165) is 13.0 Å². The Balaban J connectivity index is 2.08. The van der Waals surface area contributed by atoms with Crippen molar-refractivity contribution in [2.24, 2.45) is 5.92 Å². The van der Waals surface area contributed by atoms with Crippen molar-refractivity contribution in [2.45, 2.75) is 12.5 Å². The molecule has 2 atom stereocenters. The zero-order valence-corrected chi connectivity index (χ0v) is 7.26. The smallest absolute Gasteiger partial charge is 0.115 e. The Labute approximate surface area is 76.6 Å². The van der Waals surface area contributed by atoms with E-state index < -0.39 is 6.10 Å². The highest BCUT2D eigenvalue weighted by Gasteiger charge is 2.25. The van der Waals surface area contributed by atoms with Gasteiger partial charge < -0.3 is 9.84 Å². The fourth-order valence-electron chi connectivity index (χ4n) is 1.52. The molecule has 1 aliphatic heterocycles. The highest BCUT2D eigenvalue weighted by atomic mass is 16.5. The van der Waals surface area contributed by atoms with E-state index in [9.17, 15) is 5.11 Å². The summed E-state index contributed by atoms with van der Waals surface area (Å²) in [5, 5.41) is 9.85. The third-order valence-corrected chi connectivity index (χ3v) is 2.32. The molecule has 0 amide bonds. The molecule has 4 heteroatoms. The summed E-state index contributed by atoms with van der Waals surface area (Å²) in [4.78, 5) is 7.81. The lowest BCUT2D eigenvalue weighted by atomic mass is 9.99. The SMILES string of the molecule is OC(c1ccncn1)C1CCOC1. The summed E-state index contributed by atoms with van der Waals surface area (Å²) in [5.41, 5.74) is 0.686. The molecule has 0 aliphatic carbocycles. The molecule has 0 bridgehead atoms. The molecule has 0 aromatic carbocycles. The second-order valence-electron chi connectivity index (χ2n) is 3.20. The van der Waals surface area contributed by atoms with E-state index in [-0.39, 0.29) is 5.92 Å². The molecule has 13 heavy (non-hydrogen) atoms. The lowest BCUT2D eigenvalue weighted by Gasteiger charge is -2.14. The van der Waals surface area contributed by atoms with Crippen LogP contribution in [0.15, 0.2) is 18.6 Å². The van der Waals surface area contributed by atoms with Crippen LogP contribution in [-0.4, -0.2) is 28.3 Å². The van der Waals surface area contributed by atoms with E-state index in [4.69, 9.17) is 4.74 Å². The molecule has 2 unspecified atom stereocenters. The maximum Gasteiger partial charge on any atom is 0.115 e. The molecule has 1 aromatic rings. The van der Waals surface area contributed by atoms with Gasteiger partial charge in [0.2, 0.25) is 0 Å². The van der Waals surface area contributed by atoms with Gasteiger partial charge in [0.15, 0.2) is 0 Å². The van der Waals surface area contributed by atoms with Crippen LogP contribution < -0.4 is 0 Å². The minimum absolute atomic E-state index is 0.190. The number of ether oxygens (including phenoxy) is 1. The number of aliphatic hydroxyl groups is 1. The van der Waals surface area contributed by atoms with Crippen LogP contribution in [-0.2, 0) is 4.74 Å². The minimum atomic E-state index is -0.509. The molecule has 0 radical (unpaired) electrons. The van der Waals surface area contributed by atoms with Crippen molar-refractivity contribution in [3.05, 3.63) is 24.3 Å². The van der Waals surface area contributed by atoms with Gasteiger partial charge in [-0.25, -0.2) is 9.97 Å². The third-order valence-electron chi connectivity index (χ3n) is 2.32. The number of aromatic nitrogens is 2. The van der Waals surface area contributed by atoms with Crippen LogP contribution in [0.4, 0.5) is 0 Å². The average Bonchev–Trinajstić information content (AvgIpc) is 2.71. The summed E-state index contributed by atoms with van der Waals surface area (Å²) in [6.45, 7) is 1.37. The van der Waals surface area contributed by atoms with Gasteiger partial charge in [-0.3, -0.25) is 0 Å². The van der Waals surface area contributed by atoms with Crippen molar-refractivity contribution in [1.82, 2.24) is 9.97 Å². The van der Waals surface area contributed by atoms with E-state index in [0.29, 0.717) is 12.3 Å². The lowest BCUT2D eigenvalue weighted by molar-refractivity contribution is 0.0884. The zero-order chi connectivity index (χ0) is 9.10. The molecule has 4 nitrogen and oxygen atoms in total. The van der Waals surface area contributed by atoms with Gasteiger partial charge in [0.1, 0.15) is 12.4 Å². The normalized spacial score (nSPS) is 24.5. The van der Waals surface area contributed by atoms with Crippen LogP contribution in [0, 0.1) is 5.92 Å². The molecular formula is C9H12N2O2. The summed E-state index contributed by atoms with van der Waals surface area (Å²) in [6, 6.07) is 1.74. The van der Waals surface area contributed by atoms with Gasteiger partial charge in [0, 0.05) is 18.7 Å². The van der Waals surface area contributed by atoms with Crippen LogP contribution in [0.3, 0.4) is 0 Å². The van der Waals surface area contributed by atoms with Crippen LogP contribution >= 0.6 is 0 Å². The molecule has 1 aromatic heterocycles. The molecule has 1 aliphatic rings. The molecule has 2 rings (SSSR count). The summed E-state index contributed by atoms with van der Waals surface area (Å²) in [6.07, 6.45) is 3.49. The van der Waals surface area contributed by atoms with Crippen molar-refractivity contribution in [1.29, 1.82) is 0 Å². The fraction of sp³-hybridized carbons (Fsp3) is 0.556. The van der Waals surface area contributed by atoms with Gasteiger partial charge in [-0.05, 0) is 12.5 Å². The first-order valence-electron chi connectivity index (χ1n) is 4.39. The summed E-state index contributed by atoms with van der Waals surface area (Å²) in [7, 11) is 0. The second kappa shape index (κ2) is 3.81. The van der Waals surface area contributed by atoms with Crippen LogP contribution in [0.5, 0.6) is 0 Å². The Morgan fingerprint density at radius 3 is 3.15 bits per heavy atom. The lowest BCUT2D eigenvalue weighted by Crippen LogP contribution is -2.13. The number of rotatable bonds is 2. The Kier molecular flexibility index (Phi) is 2.52. The molecular weight excluding hydrogens is 168 g/mol. The van der Waals surface area contributed by atoms with Crippen molar-refractivity contribution < 1.29 is 9.84 Å². The van der Waals surface area contributed by atoms with Crippen LogP contribution in [0.2, 0.25) is 0 Å². The quantitative estimate of drug-likeness (QED) is 0.722. The van der Waals surface area contributed by atoms with E-state index in [1.54, 1.807) is 12.3 Å². The molecule has 1 saturated heterocycles. The Hall–Kier alpha value is -1.00. The summed E-state index contributed by atoms with van der Waals surface area (Å²) in [5.74, 6) is 0.190. The second-order valence-corrected chi connectivity index (χ2v) is 3.20. The van der Waals surface area contributed by atoms with Crippen molar-refractivity contribution in [3.8, 4) is 0 Å². The summed E-state index contributed by atoms with van der Waals surface area (Å²) >= 11 is 0. The van der Waals surface area contributed by atoms with Gasteiger partial charge in [-0.1, -0.05) is 0 Å². The molecule has 2 heterocycles. The van der Waals surface area contributed by atoms with E-state index in [1.165, 1.54) is 6.33 Å². The van der Waals surface area contributed by atoms with Gasteiger partial charge in [0.25, 0.3) is 0 Å². The molecule has 0 spiro atoms. The first-order chi connectivity index (χ1) is 6.38. The van der Waals surface area contributed by atoms with Crippen molar-refractivity contribution in [3.63, 3.8) is 0 Å². The molecule has 0 saturated carbocycles. The predicted molar refractivity (Wildman–Crippen MR) is 45.9 cm³/mol. The molecule has 1 fully saturated rings. The number of hydrogen-bond donors (Lipinski definition) is 1. The standard InChI is InChI=1S/C9H12N2O2/c12-9(7-2-4-13-5-7)8-1-3-10-6-11-8/h1,3,6-7,9,12H,2,4-5H2. The van der Waals surface area contributed by atoms with Gasteiger partial charge >= 0.3 is 0 Å². The maximum atomic E-state index is 9.85. The Bertz CT molecular complexity index is 260. The number of hydrogen-bond acceptors (Lipinski definition) is 4. The summed E-state index contributed by atoms with van der Waals surface area (Å²) < 4.78 is 5.20. The van der Waals surface area contributed by atoms with Gasteiger partial charge in [-0.2, -0.15) is 0 Å². The Morgan fingerprint density at radius 2 is 2.54 bits per heavy atom.